The first-order valence-electron chi connectivity index (χ1n) is 5.72. The smallest absolute Gasteiger partial charge is 0.129 e. The van der Waals surface area contributed by atoms with Crippen molar-refractivity contribution in [2.75, 3.05) is 27.0 Å². The highest BCUT2D eigenvalue weighted by atomic mass is 32.2. The van der Waals surface area contributed by atoms with E-state index in [0.29, 0.717) is 0 Å². The number of hydrogen-bond donors (Lipinski definition) is 0. The van der Waals surface area contributed by atoms with E-state index in [1.165, 1.54) is 10.6 Å². The molecule has 0 spiro atoms. The van der Waals surface area contributed by atoms with Crippen molar-refractivity contribution in [3.8, 4) is 5.69 Å². The molecule has 1 aromatic carbocycles. The normalized spacial score (nSPS) is 11.7. The Morgan fingerprint density at radius 1 is 1.00 bits per heavy atom. The second kappa shape index (κ2) is 4.98. The van der Waals surface area contributed by atoms with Crippen molar-refractivity contribution in [1.82, 2.24) is 4.57 Å². The van der Waals surface area contributed by atoms with Crippen molar-refractivity contribution >= 4 is 11.8 Å². The highest BCUT2D eigenvalue weighted by Crippen LogP contribution is 2.27. The van der Waals surface area contributed by atoms with Crippen molar-refractivity contribution in [2.45, 2.75) is 4.90 Å². The zero-order valence-electron chi connectivity index (χ0n) is 10.6. The first-order chi connectivity index (χ1) is 8.06. The van der Waals surface area contributed by atoms with E-state index in [9.17, 15) is 0 Å². The molecule has 0 saturated heterocycles. The fraction of sp³-hybridized carbons (Fsp3) is 0.286. The molecule has 2 nitrogen and oxygen atoms in total. The Labute approximate surface area is 107 Å². The van der Waals surface area contributed by atoms with Crippen LogP contribution in [0.1, 0.15) is 0 Å². The number of thioether (sulfide) groups is 1. The molecule has 2 aromatic rings. The Balaban J connectivity index is 2.23. The van der Waals surface area contributed by atoms with Gasteiger partial charge in [0.2, 0.25) is 0 Å². The van der Waals surface area contributed by atoms with E-state index in [4.69, 9.17) is 0 Å². The molecule has 0 unspecified atom stereocenters. The molecular formula is C14H19N2S+. The van der Waals surface area contributed by atoms with Crippen LogP contribution in [0.15, 0.2) is 53.7 Å². The predicted molar refractivity (Wildman–Crippen MR) is 74.5 cm³/mol. The summed E-state index contributed by atoms with van der Waals surface area (Å²) in [4.78, 5) is 1.33. The van der Waals surface area contributed by atoms with Crippen LogP contribution in [0.3, 0.4) is 0 Å². The van der Waals surface area contributed by atoms with Gasteiger partial charge in [-0.1, -0.05) is 23.9 Å². The van der Waals surface area contributed by atoms with E-state index >= 15 is 0 Å². The average Bonchev–Trinajstić information content (AvgIpc) is 2.79. The van der Waals surface area contributed by atoms with Crippen LogP contribution in [0.5, 0.6) is 0 Å². The highest BCUT2D eigenvalue weighted by molar-refractivity contribution is 7.99. The number of quaternary nitrogens is 1. The monoisotopic (exact) mass is 247 g/mol. The number of benzene rings is 1. The van der Waals surface area contributed by atoms with Crippen molar-refractivity contribution in [3.63, 3.8) is 0 Å². The van der Waals surface area contributed by atoms with Crippen LogP contribution < -0.4 is 0 Å². The molecule has 0 radical (unpaired) electrons. The lowest BCUT2D eigenvalue weighted by Crippen LogP contribution is -2.33. The van der Waals surface area contributed by atoms with E-state index in [0.717, 1.165) is 10.4 Å². The molecular weight excluding hydrogens is 228 g/mol. The van der Waals surface area contributed by atoms with Gasteiger partial charge in [0.25, 0.3) is 0 Å². The SMILES string of the molecule is C[N+](C)(C)CSc1ccccc1-n1cccc1. The molecule has 0 aliphatic heterocycles. The molecule has 3 heteroatoms. The summed E-state index contributed by atoms with van der Waals surface area (Å²) in [5.41, 5.74) is 1.26. The van der Waals surface area contributed by atoms with Crippen LogP contribution in [0.2, 0.25) is 0 Å². The summed E-state index contributed by atoms with van der Waals surface area (Å²) in [6, 6.07) is 12.7. The third kappa shape index (κ3) is 3.38. The molecule has 1 heterocycles. The molecule has 17 heavy (non-hydrogen) atoms. The zero-order valence-corrected chi connectivity index (χ0v) is 11.4. The van der Waals surface area contributed by atoms with Gasteiger partial charge in [0.05, 0.1) is 26.8 Å². The van der Waals surface area contributed by atoms with Gasteiger partial charge in [-0.05, 0) is 24.3 Å². The van der Waals surface area contributed by atoms with Gasteiger partial charge in [-0.15, -0.1) is 0 Å². The van der Waals surface area contributed by atoms with E-state index in [-0.39, 0.29) is 0 Å². The van der Waals surface area contributed by atoms with Crippen LogP contribution in [-0.2, 0) is 0 Å². The molecule has 0 aliphatic carbocycles. The van der Waals surface area contributed by atoms with Crippen molar-refractivity contribution in [1.29, 1.82) is 0 Å². The number of hydrogen-bond acceptors (Lipinski definition) is 1. The Bertz CT molecular complexity index is 469. The number of aromatic nitrogens is 1. The van der Waals surface area contributed by atoms with Gasteiger partial charge in [-0.2, -0.15) is 0 Å². The van der Waals surface area contributed by atoms with Crippen LogP contribution >= 0.6 is 11.8 Å². The molecule has 0 atom stereocenters. The van der Waals surface area contributed by atoms with Gasteiger partial charge in [-0.3, -0.25) is 0 Å². The summed E-state index contributed by atoms with van der Waals surface area (Å²) in [5.74, 6) is 1.07. The maximum absolute atomic E-state index is 2.21. The third-order valence-electron chi connectivity index (χ3n) is 2.36. The van der Waals surface area contributed by atoms with Gasteiger partial charge in [0, 0.05) is 17.3 Å². The van der Waals surface area contributed by atoms with Gasteiger partial charge in [-0.25, -0.2) is 0 Å². The quantitative estimate of drug-likeness (QED) is 0.456. The minimum atomic E-state index is 0.963. The zero-order chi connectivity index (χ0) is 12.3. The Kier molecular flexibility index (Phi) is 3.60. The molecule has 90 valence electrons. The van der Waals surface area contributed by atoms with Crippen LogP contribution in [0.25, 0.3) is 5.69 Å². The first kappa shape index (κ1) is 12.3. The molecule has 0 aliphatic rings. The van der Waals surface area contributed by atoms with Gasteiger partial charge in [0.15, 0.2) is 0 Å². The molecule has 0 fully saturated rings. The molecule has 2 rings (SSSR count). The Hall–Kier alpha value is -1.19. The maximum atomic E-state index is 2.21. The molecule has 0 N–H and O–H groups in total. The number of para-hydroxylation sites is 1. The van der Waals surface area contributed by atoms with E-state index < -0.39 is 0 Å². The summed E-state index contributed by atoms with van der Waals surface area (Å²) in [6.45, 7) is 0. The maximum Gasteiger partial charge on any atom is 0.129 e. The molecule has 0 saturated carbocycles. The van der Waals surface area contributed by atoms with Crippen LogP contribution in [0, 0.1) is 0 Å². The lowest BCUT2D eigenvalue weighted by molar-refractivity contribution is -0.857. The Morgan fingerprint density at radius 2 is 1.65 bits per heavy atom. The minimum absolute atomic E-state index is 0.963. The van der Waals surface area contributed by atoms with Gasteiger partial charge < -0.3 is 9.05 Å². The summed E-state index contributed by atoms with van der Waals surface area (Å²) in [6.07, 6.45) is 4.18. The summed E-state index contributed by atoms with van der Waals surface area (Å²) >= 11 is 1.90. The van der Waals surface area contributed by atoms with Crippen LogP contribution in [-0.4, -0.2) is 36.1 Å². The largest absolute Gasteiger partial charge is 0.323 e. The van der Waals surface area contributed by atoms with Gasteiger partial charge in [0.1, 0.15) is 5.88 Å². The molecule has 0 amide bonds. The lowest BCUT2D eigenvalue weighted by atomic mass is 10.3. The average molecular weight is 247 g/mol. The minimum Gasteiger partial charge on any atom is -0.323 e. The lowest BCUT2D eigenvalue weighted by Gasteiger charge is -2.23. The van der Waals surface area contributed by atoms with Crippen molar-refractivity contribution in [2.24, 2.45) is 0 Å². The predicted octanol–water partition coefficient (Wildman–Crippen LogP) is 3.23. The van der Waals surface area contributed by atoms with E-state index in [2.05, 4.69) is 74.5 Å². The van der Waals surface area contributed by atoms with Crippen molar-refractivity contribution < 1.29 is 4.48 Å². The summed E-state index contributed by atoms with van der Waals surface area (Å²) in [7, 11) is 6.64. The van der Waals surface area contributed by atoms with E-state index in [1.54, 1.807) is 0 Å². The fourth-order valence-corrected chi connectivity index (χ4v) is 2.57. The van der Waals surface area contributed by atoms with Crippen LogP contribution in [0.4, 0.5) is 0 Å². The Morgan fingerprint density at radius 3 is 2.29 bits per heavy atom. The number of rotatable bonds is 4. The molecule has 0 bridgehead atoms. The second-order valence-corrected chi connectivity index (χ2v) is 6.11. The topological polar surface area (TPSA) is 4.93 Å². The highest BCUT2D eigenvalue weighted by Gasteiger charge is 2.10. The second-order valence-electron chi connectivity index (χ2n) is 5.12. The van der Waals surface area contributed by atoms with E-state index in [1.807, 2.05) is 11.8 Å². The number of nitrogens with zero attached hydrogens (tertiary/aromatic N) is 2. The fourth-order valence-electron chi connectivity index (χ4n) is 1.55. The summed E-state index contributed by atoms with van der Waals surface area (Å²) in [5, 5.41) is 0. The first-order valence-corrected chi connectivity index (χ1v) is 6.70. The standard InChI is InChI=1S/C14H19N2S/c1-16(2,3)12-17-14-9-5-4-8-13(14)15-10-6-7-11-15/h4-11H,12H2,1-3H3/q+1. The molecule has 1 aromatic heterocycles. The van der Waals surface area contributed by atoms with Crippen molar-refractivity contribution in [3.05, 3.63) is 48.8 Å². The summed E-state index contributed by atoms with van der Waals surface area (Å²) < 4.78 is 3.13. The third-order valence-corrected chi connectivity index (χ3v) is 3.92. The van der Waals surface area contributed by atoms with Gasteiger partial charge >= 0.3 is 0 Å².